The van der Waals surface area contributed by atoms with E-state index in [9.17, 15) is 9.90 Å². The maximum Gasteiger partial charge on any atom is 0.0736 e. The molecule has 1 N–H and O–H groups in total. The normalized spacial score (nSPS) is 31.2. The predicted molar refractivity (Wildman–Crippen MR) is 100 cm³/mol. The van der Waals surface area contributed by atoms with Crippen LogP contribution in [0.25, 0.3) is 0 Å². The van der Waals surface area contributed by atoms with Gasteiger partial charge in [-0.3, -0.25) is 0 Å². The number of nitrogens with one attached hydrogen (secondary N) is 1. The van der Waals surface area contributed by atoms with E-state index in [-0.39, 0.29) is 6.04 Å². The quantitative estimate of drug-likeness (QED) is 0.895. The summed E-state index contributed by atoms with van der Waals surface area (Å²) in [4.78, 5) is 11.7. The molecule has 0 aromatic heterocycles. The fraction of sp³-hybridized carbons (Fsp3) is 0.435. The molecule has 2 aliphatic carbocycles. The Hall–Kier alpha value is -2.29. The number of anilines is 1. The number of carbonyl (C=O) groups excluding carboxylic acids is 1. The van der Waals surface area contributed by atoms with Crippen LogP contribution in [0.3, 0.4) is 0 Å². The molecule has 5 rings (SSSR count). The summed E-state index contributed by atoms with van der Waals surface area (Å²) in [5.74, 6) is 1.36. The molecular weight excluding hydrogens is 322 g/mol. The fourth-order valence-electron chi connectivity index (χ4n) is 6.09. The average Bonchev–Trinajstić information content (AvgIpc) is 3.25. The molecule has 3 aliphatic rings. The van der Waals surface area contributed by atoms with Crippen LogP contribution in [-0.2, 0) is 0 Å². The smallest absolute Gasteiger partial charge is 0.0736 e. The minimum Gasteiger partial charge on any atom is -0.545 e. The number of carboxylic acid groups (broad SMARTS) is 1. The Kier molecular flexibility index (Phi) is 3.43. The van der Waals surface area contributed by atoms with Crippen LogP contribution >= 0.6 is 0 Å². The van der Waals surface area contributed by atoms with Crippen LogP contribution in [-0.4, -0.2) is 5.97 Å². The predicted octanol–water partition coefficient (Wildman–Crippen LogP) is 3.96. The van der Waals surface area contributed by atoms with Crippen LogP contribution in [0.4, 0.5) is 5.69 Å². The van der Waals surface area contributed by atoms with E-state index in [1.54, 1.807) is 6.07 Å². The number of aryl methyl sites for hydroxylation is 2. The summed E-state index contributed by atoms with van der Waals surface area (Å²) < 4.78 is 0. The zero-order valence-electron chi connectivity index (χ0n) is 15.3. The van der Waals surface area contributed by atoms with Crippen molar-refractivity contribution in [2.75, 3.05) is 5.32 Å². The summed E-state index contributed by atoms with van der Waals surface area (Å²) in [7, 11) is 0. The first kappa shape index (κ1) is 15.9. The third-order valence-corrected chi connectivity index (χ3v) is 7.11. The molecule has 3 nitrogen and oxygen atoms in total. The summed E-state index contributed by atoms with van der Waals surface area (Å²) in [5.41, 5.74) is 6.16. The zero-order valence-corrected chi connectivity index (χ0v) is 15.3. The molecule has 2 fully saturated rings. The highest BCUT2D eigenvalue weighted by atomic mass is 16.4. The number of hydrogen-bond donors (Lipinski definition) is 1. The van der Waals surface area contributed by atoms with Gasteiger partial charge in [0, 0.05) is 11.3 Å². The van der Waals surface area contributed by atoms with Gasteiger partial charge in [0.2, 0.25) is 0 Å². The number of carbonyl (C=O) groups is 1. The van der Waals surface area contributed by atoms with Gasteiger partial charge in [-0.15, -0.1) is 0 Å². The second-order valence-corrected chi connectivity index (χ2v) is 8.48. The van der Waals surface area contributed by atoms with Crippen molar-refractivity contribution in [3.05, 3.63) is 64.2 Å². The van der Waals surface area contributed by atoms with Crippen LogP contribution in [0.15, 0.2) is 36.4 Å². The Balaban J connectivity index is 1.70. The third-order valence-electron chi connectivity index (χ3n) is 7.11. The van der Waals surface area contributed by atoms with Gasteiger partial charge in [0.05, 0.1) is 12.0 Å². The molecule has 2 bridgehead atoms. The highest BCUT2D eigenvalue weighted by molar-refractivity contribution is 5.94. The Labute approximate surface area is 154 Å². The topological polar surface area (TPSA) is 52.2 Å². The summed E-state index contributed by atoms with van der Waals surface area (Å²) in [6, 6.07) is 12.5. The van der Waals surface area contributed by atoms with Crippen molar-refractivity contribution >= 4 is 11.7 Å². The van der Waals surface area contributed by atoms with Gasteiger partial charge in [0.25, 0.3) is 0 Å². The molecule has 1 aliphatic heterocycles. The van der Waals surface area contributed by atoms with Gasteiger partial charge >= 0.3 is 0 Å². The number of hydrogen-bond acceptors (Lipinski definition) is 3. The number of aromatic carboxylic acids is 1. The molecule has 26 heavy (non-hydrogen) atoms. The molecule has 0 spiro atoms. The van der Waals surface area contributed by atoms with Crippen molar-refractivity contribution in [3.63, 3.8) is 0 Å². The van der Waals surface area contributed by atoms with E-state index < -0.39 is 5.97 Å². The van der Waals surface area contributed by atoms with Gasteiger partial charge in [-0.1, -0.05) is 42.0 Å². The fourth-order valence-corrected chi connectivity index (χ4v) is 6.09. The third kappa shape index (κ3) is 2.16. The van der Waals surface area contributed by atoms with Gasteiger partial charge in [-0.05, 0) is 73.5 Å². The standard InChI is InChI=1S/C23H25NO2/c1-12-6-7-13(2)18(10-12)22-20-15-9-8-14(11-15)19(20)16-4-3-5-17(23(25)26)21(16)24-22/h3-7,10,14-15,19-20,22,24H,8-9,11H2,1-2H3,(H,25,26)/p-1/t14-,15-,19+,20+,22+/m0/s1. The van der Waals surface area contributed by atoms with E-state index in [0.29, 0.717) is 23.3 Å². The van der Waals surface area contributed by atoms with Gasteiger partial charge in [-0.2, -0.15) is 0 Å². The number of carboxylic acids is 1. The number of para-hydroxylation sites is 1. The van der Waals surface area contributed by atoms with Crippen molar-refractivity contribution in [1.82, 2.24) is 0 Å². The van der Waals surface area contributed by atoms with Gasteiger partial charge in [0.15, 0.2) is 0 Å². The van der Waals surface area contributed by atoms with Crippen molar-refractivity contribution in [1.29, 1.82) is 0 Å². The molecular formula is C23H24NO2-. The van der Waals surface area contributed by atoms with Crippen LogP contribution in [0, 0.1) is 31.6 Å². The molecule has 134 valence electrons. The molecule has 2 aromatic rings. The average molecular weight is 346 g/mol. The second-order valence-electron chi connectivity index (χ2n) is 8.48. The Morgan fingerprint density at radius 3 is 2.69 bits per heavy atom. The van der Waals surface area contributed by atoms with Crippen LogP contribution in [0.5, 0.6) is 0 Å². The first-order valence-corrected chi connectivity index (χ1v) is 9.72. The molecule has 3 heteroatoms. The lowest BCUT2D eigenvalue weighted by molar-refractivity contribution is -0.254. The van der Waals surface area contributed by atoms with Crippen molar-refractivity contribution < 1.29 is 9.90 Å². The van der Waals surface area contributed by atoms with Crippen molar-refractivity contribution in [3.8, 4) is 0 Å². The molecule has 0 unspecified atom stereocenters. The van der Waals surface area contributed by atoms with Crippen molar-refractivity contribution in [2.24, 2.45) is 17.8 Å². The summed E-state index contributed by atoms with van der Waals surface area (Å²) in [6.45, 7) is 4.30. The highest BCUT2D eigenvalue weighted by Crippen LogP contribution is 2.64. The summed E-state index contributed by atoms with van der Waals surface area (Å²) in [6.07, 6.45) is 3.87. The lowest BCUT2D eigenvalue weighted by Gasteiger charge is -2.44. The summed E-state index contributed by atoms with van der Waals surface area (Å²) >= 11 is 0. The van der Waals surface area contributed by atoms with E-state index >= 15 is 0 Å². The molecule has 2 saturated carbocycles. The number of rotatable bonds is 2. The van der Waals surface area contributed by atoms with Crippen LogP contribution in [0.1, 0.15) is 63.8 Å². The van der Waals surface area contributed by atoms with E-state index in [1.165, 1.54) is 41.5 Å². The maximum atomic E-state index is 11.7. The van der Waals surface area contributed by atoms with Gasteiger partial charge in [0.1, 0.15) is 0 Å². The van der Waals surface area contributed by atoms with E-state index in [1.807, 2.05) is 6.07 Å². The van der Waals surface area contributed by atoms with E-state index in [2.05, 4.69) is 43.4 Å². The number of benzene rings is 2. The summed E-state index contributed by atoms with van der Waals surface area (Å²) in [5, 5.41) is 15.4. The lowest BCUT2D eigenvalue weighted by Crippen LogP contribution is -2.37. The first-order valence-electron chi connectivity index (χ1n) is 9.72. The first-order chi connectivity index (χ1) is 12.5. The highest BCUT2D eigenvalue weighted by Gasteiger charge is 2.54. The van der Waals surface area contributed by atoms with Gasteiger partial charge < -0.3 is 15.2 Å². The van der Waals surface area contributed by atoms with Crippen LogP contribution in [0.2, 0.25) is 0 Å². The van der Waals surface area contributed by atoms with E-state index in [0.717, 1.165) is 11.6 Å². The van der Waals surface area contributed by atoms with Crippen molar-refractivity contribution in [2.45, 2.75) is 45.1 Å². The monoisotopic (exact) mass is 346 g/mol. The largest absolute Gasteiger partial charge is 0.545 e. The lowest BCUT2D eigenvalue weighted by atomic mass is 9.67. The molecule has 0 radical (unpaired) electrons. The Bertz CT molecular complexity index is 903. The van der Waals surface area contributed by atoms with Crippen LogP contribution < -0.4 is 10.4 Å². The maximum absolute atomic E-state index is 11.7. The molecule has 2 aromatic carbocycles. The minimum absolute atomic E-state index is 0.184. The van der Waals surface area contributed by atoms with Gasteiger partial charge in [-0.25, -0.2) is 0 Å². The number of fused-ring (bicyclic) bond motifs is 7. The SMILES string of the molecule is Cc1ccc(C)c([C@H]2Nc3c(C(=O)[O-])cccc3[C@H]3[C@H]4CC[C@@H](C4)[C@H]32)c1. The molecule has 1 heterocycles. The minimum atomic E-state index is -1.09. The molecule has 0 amide bonds. The molecule has 5 atom stereocenters. The molecule has 0 saturated heterocycles. The zero-order chi connectivity index (χ0) is 18.0. The Morgan fingerprint density at radius 1 is 1.08 bits per heavy atom. The Morgan fingerprint density at radius 2 is 1.88 bits per heavy atom. The second kappa shape index (κ2) is 5.60. The van der Waals surface area contributed by atoms with E-state index in [4.69, 9.17) is 0 Å².